The van der Waals surface area contributed by atoms with Gasteiger partial charge in [0.05, 0.1) is 17.0 Å². The minimum Gasteiger partial charge on any atom is -0.352 e. The molecule has 2 aromatic rings. The number of anilines is 1. The molecular formula is C24H28Cl3N3O4S. The molecule has 1 aliphatic carbocycles. The minimum atomic E-state index is -3.86. The van der Waals surface area contributed by atoms with Crippen molar-refractivity contribution in [1.29, 1.82) is 0 Å². The second-order valence-electron chi connectivity index (χ2n) is 8.64. The topological polar surface area (TPSA) is 86.8 Å². The summed E-state index contributed by atoms with van der Waals surface area (Å²) in [6.07, 6.45) is 4.88. The van der Waals surface area contributed by atoms with Crippen LogP contribution in [-0.4, -0.2) is 50.0 Å². The van der Waals surface area contributed by atoms with Gasteiger partial charge in [-0.15, -0.1) is 0 Å². The predicted octanol–water partition coefficient (Wildman–Crippen LogP) is 4.89. The number of para-hydroxylation sites is 1. The van der Waals surface area contributed by atoms with Crippen LogP contribution in [-0.2, 0) is 26.2 Å². The van der Waals surface area contributed by atoms with Gasteiger partial charge in [0.1, 0.15) is 12.6 Å². The average Bonchev–Trinajstić information content (AvgIpc) is 3.29. The molecular weight excluding hydrogens is 533 g/mol. The van der Waals surface area contributed by atoms with Gasteiger partial charge in [0.15, 0.2) is 0 Å². The number of benzene rings is 2. The van der Waals surface area contributed by atoms with E-state index < -0.39 is 28.5 Å². The number of rotatable bonds is 9. The Labute approximate surface area is 221 Å². The molecule has 11 heteroatoms. The Kier molecular flexibility index (Phi) is 9.32. The molecule has 0 radical (unpaired) electrons. The van der Waals surface area contributed by atoms with Crippen molar-refractivity contribution in [3.63, 3.8) is 0 Å². The van der Waals surface area contributed by atoms with Gasteiger partial charge >= 0.3 is 0 Å². The molecule has 1 N–H and O–H groups in total. The predicted molar refractivity (Wildman–Crippen MR) is 141 cm³/mol. The first-order valence-corrected chi connectivity index (χ1v) is 14.2. The molecule has 0 aromatic heterocycles. The van der Waals surface area contributed by atoms with Crippen LogP contribution < -0.4 is 9.62 Å². The molecule has 0 saturated heterocycles. The summed E-state index contributed by atoms with van der Waals surface area (Å²) >= 11 is 18.6. The van der Waals surface area contributed by atoms with Gasteiger partial charge in [-0.1, -0.05) is 65.8 Å². The van der Waals surface area contributed by atoms with E-state index in [0.29, 0.717) is 15.6 Å². The third-order valence-electron chi connectivity index (χ3n) is 6.02. The number of carbonyl (C=O) groups excluding carboxylic acids is 2. The molecule has 35 heavy (non-hydrogen) atoms. The van der Waals surface area contributed by atoms with Crippen LogP contribution in [0.15, 0.2) is 42.5 Å². The van der Waals surface area contributed by atoms with E-state index in [1.165, 1.54) is 11.0 Å². The van der Waals surface area contributed by atoms with Crippen molar-refractivity contribution < 1.29 is 18.0 Å². The summed E-state index contributed by atoms with van der Waals surface area (Å²) in [5.41, 5.74) is 0.756. The first-order chi connectivity index (χ1) is 16.5. The number of amides is 2. The van der Waals surface area contributed by atoms with Gasteiger partial charge in [-0.05, 0) is 49.6 Å². The lowest BCUT2D eigenvalue weighted by molar-refractivity contribution is -0.139. The lowest BCUT2D eigenvalue weighted by atomic mass is 10.1. The number of nitrogens with zero attached hydrogens (tertiary/aromatic N) is 2. The van der Waals surface area contributed by atoms with Crippen LogP contribution in [0.2, 0.25) is 15.1 Å². The zero-order valence-corrected chi connectivity index (χ0v) is 22.6. The molecule has 1 aliphatic rings. The average molecular weight is 561 g/mol. The van der Waals surface area contributed by atoms with E-state index >= 15 is 0 Å². The Balaban J connectivity index is 1.91. The zero-order chi connectivity index (χ0) is 25.8. The van der Waals surface area contributed by atoms with Crippen LogP contribution >= 0.6 is 34.8 Å². The Morgan fingerprint density at radius 2 is 1.71 bits per heavy atom. The molecule has 1 atom stereocenters. The van der Waals surface area contributed by atoms with Crippen molar-refractivity contribution in [2.45, 2.75) is 51.2 Å². The quantitative estimate of drug-likeness (QED) is 0.473. The number of sulfonamides is 1. The third kappa shape index (κ3) is 7.26. The molecule has 2 aromatic carbocycles. The van der Waals surface area contributed by atoms with Crippen LogP contribution in [0.3, 0.4) is 0 Å². The van der Waals surface area contributed by atoms with Gasteiger partial charge in [-0.2, -0.15) is 0 Å². The fraction of sp³-hybridized carbons (Fsp3) is 0.417. The van der Waals surface area contributed by atoms with E-state index in [0.717, 1.165) is 36.2 Å². The summed E-state index contributed by atoms with van der Waals surface area (Å²) < 4.78 is 26.2. The van der Waals surface area contributed by atoms with Crippen LogP contribution in [0.4, 0.5) is 5.69 Å². The third-order valence-corrected chi connectivity index (χ3v) is 8.06. The van der Waals surface area contributed by atoms with Crippen LogP contribution in [0.5, 0.6) is 0 Å². The molecule has 1 unspecified atom stereocenters. The zero-order valence-electron chi connectivity index (χ0n) is 19.5. The van der Waals surface area contributed by atoms with Crippen molar-refractivity contribution >= 4 is 62.3 Å². The molecule has 3 rings (SSSR count). The summed E-state index contributed by atoms with van der Waals surface area (Å²) in [5.74, 6) is -0.880. The Bertz CT molecular complexity index is 1190. The number of halogens is 3. The highest BCUT2D eigenvalue weighted by atomic mass is 35.5. The number of nitrogens with one attached hydrogen (secondary N) is 1. The number of hydrogen-bond donors (Lipinski definition) is 1. The molecule has 1 fully saturated rings. The van der Waals surface area contributed by atoms with E-state index in [4.69, 9.17) is 34.8 Å². The van der Waals surface area contributed by atoms with E-state index in [1.807, 2.05) is 0 Å². The monoisotopic (exact) mass is 559 g/mol. The number of hydrogen-bond acceptors (Lipinski definition) is 4. The van der Waals surface area contributed by atoms with Gasteiger partial charge in [-0.3, -0.25) is 13.9 Å². The smallest absolute Gasteiger partial charge is 0.244 e. The number of carbonyl (C=O) groups is 2. The fourth-order valence-electron chi connectivity index (χ4n) is 4.06. The first kappa shape index (κ1) is 27.6. The van der Waals surface area contributed by atoms with Gasteiger partial charge in [-0.25, -0.2) is 8.42 Å². The summed E-state index contributed by atoms with van der Waals surface area (Å²) in [6.45, 7) is 1.08. The normalized spacial score (nSPS) is 15.0. The van der Waals surface area contributed by atoms with Crippen LogP contribution in [0.25, 0.3) is 0 Å². The minimum absolute atomic E-state index is 0.00574. The largest absolute Gasteiger partial charge is 0.352 e. The van der Waals surface area contributed by atoms with Gasteiger partial charge < -0.3 is 10.2 Å². The summed E-state index contributed by atoms with van der Waals surface area (Å²) in [5, 5.41) is 3.97. The van der Waals surface area contributed by atoms with Crippen molar-refractivity contribution in [2.75, 3.05) is 17.1 Å². The van der Waals surface area contributed by atoms with Crippen molar-refractivity contribution in [3.05, 3.63) is 63.1 Å². The summed E-state index contributed by atoms with van der Waals surface area (Å²) in [4.78, 5) is 28.0. The second kappa shape index (κ2) is 11.8. The molecule has 190 valence electrons. The highest BCUT2D eigenvalue weighted by Crippen LogP contribution is 2.28. The van der Waals surface area contributed by atoms with Gasteiger partial charge in [0, 0.05) is 22.6 Å². The van der Waals surface area contributed by atoms with Crippen LogP contribution in [0.1, 0.15) is 38.2 Å². The molecule has 0 spiro atoms. The molecule has 1 saturated carbocycles. The highest BCUT2D eigenvalue weighted by Gasteiger charge is 2.32. The maximum absolute atomic E-state index is 13.6. The standard InChI is InChI=1S/C24H28Cl3N3O4S/c1-16(24(32)28-19-7-3-4-8-19)29(14-17-11-12-18(25)13-21(17)27)23(31)15-30(35(2,33)34)22-10-6-5-9-20(22)26/h5-6,9-13,16,19H,3-4,7-8,14-15H2,1-2H3,(H,28,32). The Hall–Kier alpha value is -2.00. The SMILES string of the molecule is CC(C(=O)NC1CCCC1)N(Cc1ccc(Cl)cc1Cl)C(=O)CN(c1ccccc1Cl)S(C)(=O)=O. The Morgan fingerprint density at radius 1 is 1.06 bits per heavy atom. The van der Waals surface area contributed by atoms with E-state index in [1.54, 1.807) is 43.3 Å². The summed E-state index contributed by atoms with van der Waals surface area (Å²) in [6, 6.07) is 10.4. The van der Waals surface area contributed by atoms with Crippen LogP contribution in [0, 0.1) is 0 Å². The molecule has 0 aliphatic heterocycles. The lowest BCUT2D eigenvalue weighted by Crippen LogP contribution is -2.52. The van der Waals surface area contributed by atoms with E-state index in [9.17, 15) is 18.0 Å². The van der Waals surface area contributed by atoms with E-state index in [2.05, 4.69) is 5.32 Å². The molecule has 0 bridgehead atoms. The molecule has 0 heterocycles. The maximum atomic E-state index is 13.6. The summed E-state index contributed by atoms with van der Waals surface area (Å²) in [7, 11) is -3.86. The first-order valence-electron chi connectivity index (χ1n) is 11.2. The van der Waals surface area contributed by atoms with Crippen molar-refractivity contribution in [3.8, 4) is 0 Å². The maximum Gasteiger partial charge on any atom is 0.244 e. The van der Waals surface area contributed by atoms with Crippen molar-refractivity contribution in [1.82, 2.24) is 10.2 Å². The van der Waals surface area contributed by atoms with Gasteiger partial charge in [0.2, 0.25) is 21.8 Å². The molecule has 7 nitrogen and oxygen atoms in total. The van der Waals surface area contributed by atoms with Crippen molar-refractivity contribution in [2.24, 2.45) is 0 Å². The fourth-order valence-corrected chi connectivity index (χ4v) is 5.67. The lowest BCUT2D eigenvalue weighted by Gasteiger charge is -2.32. The highest BCUT2D eigenvalue weighted by molar-refractivity contribution is 7.92. The van der Waals surface area contributed by atoms with E-state index in [-0.39, 0.29) is 29.2 Å². The van der Waals surface area contributed by atoms with Gasteiger partial charge in [0.25, 0.3) is 0 Å². The second-order valence-corrected chi connectivity index (χ2v) is 11.8. The Morgan fingerprint density at radius 3 is 2.31 bits per heavy atom. The molecule has 2 amide bonds.